The molecule has 0 radical (unpaired) electrons. The highest BCUT2D eigenvalue weighted by molar-refractivity contribution is 5.91. The SMILES string of the molecule is COc1cccc(-c2n[nH]c3c2CN(C(=O)c2cc(C(C)C)no2)CC3)c1. The second-order valence-electron chi connectivity index (χ2n) is 7.01. The number of methoxy groups -OCH3 is 1. The van der Waals surface area contributed by atoms with Gasteiger partial charge in [0.05, 0.1) is 25.0 Å². The number of H-pyrrole nitrogens is 1. The van der Waals surface area contributed by atoms with Crippen molar-refractivity contribution >= 4 is 5.91 Å². The van der Waals surface area contributed by atoms with Gasteiger partial charge in [-0.2, -0.15) is 5.10 Å². The minimum absolute atomic E-state index is 0.141. The van der Waals surface area contributed by atoms with E-state index >= 15 is 0 Å². The Bertz CT molecular complexity index is 973. The van der Waals surface area contributed by atoms with Crippen molar-refractivity contribution in [3.63, 3.8) is 0 Å². The molecule has 0 saturated carbocycles. The zero-order valence-electron chi connectivity index (χ0n) is 15.7. The van der Waals surface area contributed by atoms with Gasteiger partial charge < -0.3 is 14.2 Å². The van der Waals surface area contributed by atoms with Crippen molar-refractivity contribution in [3.8, 4) is 17.0 Å². The Morgan fingerprint density at radius 1 is 1.33 bits per heavy atom. The lowest BCUT2D eigenvalue weighted by molar-refractivity contribution is 0.0692. The van der Waals surface area contributed by atoms with Crippen LogP contribution in [0.3, 0.4) is 0 Å². The molecule has 2 aromatic heterocycles. The Labute approximate surface area is 157 Å². The number of amides is 1. The van der Waals surface area contributed by atoms with Crippen LogP contribution in [0, 0.1) is 0 Å². The first-order chi connectivity index (χ1) is 13.1. The second kappa shape index (κ2) is 6.90. The summed E-state index contributed by atoms with van der Waals surface area (Å²) in [5, 5.41) is 11.6. The molecule has 4 rings (SSSR count). The van der Waals surface area contributed by atoms with Crippen LogP contribution in [0.25, 0.3) is 11.3 Å². The molecule has 7 heteroatoms. The van der Waals surface area contributed by atoms with Crippen LogP contribution in [0.1, 0.15) is 47.3 Å². The number of nitrogens with one attached hydrogen (secondary N) is 1. The van der Waals surface area contributed by atoms with Gasteiger partial charge in [0.1, 0.15) is 5.75 Å². The van der Waals surface area contributed by atoms with Crippen LogP contribution >= 0.6 is 0 Å². The van der Waals surface area contributed by atoms with Crippen molar-refractivity contribution in [3.05, 3.63) is 53.0 Å². The molecule has 3 heterocycles. The minimum Gasteiger partial charge on any atom is -0.497 e. The van der Waals surface area contributed by atoms with Crippen molar-refractivity contribution in [2.45, 2.75) is 32.7 Å². The summed E-state index contributed by atoms with van der Waals surface area (Å²) in [6.45, 7) is 5.13. The lowest BCUT2D eigenvalue weighted by Gasteiger charge is -2.26. The average Bonchev–Trinajstić information content (AvgIpc) is 3.34. The molecule has 0 fully saturated rings. The Morgan fingerprint density at radius 2 is 2.19 bits per heavy atom. The number of nitrogens with zero attached hydrogens (tertiary/aromatic N) is 3. The highest BCUT2D eigenvalue weighted by Crippen LogP contribution is 2.31. The van der Waals surface area contributed by atoms with Gasteiger partial charge in [-0.25, -0.2) is 0 Å². The summed E-state index contributed by atoms with van der Waals surface area (Å²) < 4.78 is 10.6. The fraction of sp³-hybridized carbons (Fsp3) is 0.350. The minimum atomic E-state index is -0.141. The number of hydrogen-bond donors (Lipinski definition) is 1. The molecule has 0 saturated heterocycles. The molecule has 1 aromatic carbocycles. The molecule has 1 aliphatic rings. The zero-order valence-corrected chi connectivity index (χ0v) is 15.7. The predicted molar refractivity (Wildman–Crippen MR) is 99.6 cm³/mol. The Kier molecular flexibility index (Phi) is 4.43. The first-order valence-electron chi connectivity index (χ1n) is 9.03. The fourth-order valence-corrected chi connectivity index (χ4v) is 3.30. The topological polar surface area (TPSA) is 84.2 Å². The van der Waals surface area contributed by atoms with Crippen LogP contribution in [-0.4, -0.2) is 39.8 Å². The number of fused-ring (bicyclic) bond motifs is 1. The first kappa shape index (κ1) is 17.3. The number of aromatic amines is 1. The van der Waals surface area contributed by atoms with Gasteiger partial charge in [0.15, 0.2) is 0 Å². The second-order valence-corrected chi connectivity index (χ2v) is 7.01. The van der Waals surface area contributed by atoms with Crippen molar-refractivity contribution in [1.29, 1.82) is 0 Å². The summed E-state index contributed by atoms with van der Waals surface area (Å²) in [5.41, 5.74) is 4.70. The van der Waals surface area contributed by atoms with Gasteiger partial charge >= 0.3 is 0 Å². The van der Waals surface area contributed by atoms with E-state index in [4.69, 9.17) is 9.26 Å². The molecule has 3 aromatic rings. The molecule has 7 nitrogen and oxygen atoms in total. The van der Waals surface area contributed by atoms with Crippen molar-refractivity contribution in [1.82, 2.24) is 20.3 Å². The summed E-state index contributed by atoms with van der Waals surface area (Å²) in [6.07, 6.45) is 0.725. The monoisotopic (exact) mass is 366 g/mol. The number of carbonyl (C=O) groups excluding carboxylic acids is 1. The van der Waals surface area contributed by atoms with E-state index < -0.39 is 0 Å². The van der Waals surface area contributed by atoms with Crippen molar-refractivity contribution in [2.24, 2.45) is 0 Å². The van der Waals surface area contributed by atoms with E-state index in [1.807, 2.05) is 38.1 Å². The molecule has 0 aliphatic carbocycles. The van der Waals surface area contributed by atoms with Gasteiger partial charge in [-0.1, -0.05) is 31.1 Å². The first-order valence-corrected chi connectivity index (χ1v) is 9.03. The third kappa shape index (κ3) is 3.20. The third-order valence-electron chi connectivity index (χ3n) is 4.89. The Morgan fingerprint density at radius 3 is 2.93 bits per heavy atom. The smallest absolute Gasteiger partial charge is 0.292 e. The van der Waals surface area contributed by atoms with Crippen LogP contribution < -0.4 is 4.74 Å². The number of aromatic nitrogens is 3. The normalized spacial score (nSPS) is 13.7. The maximum Gasteiger partial charge on any atom is 0.292 e. The number of carbonyl (C=O) groups is 1. The highest BCUT2D eigenvalue weighted by Gasteiger charge is 2.28. The number of rotatable bonds is 4. The maximum absolute atomic E-state index is 12.9. The standard InChI is InChI=1S/C20H22N4O3/c1-12(2)17-10-18(27-23-17)20(25)24-8-7-16-15(11-24)19(22-21-16)13-5-4-6-14(9-13)26-3/h4-6,9-10,12H,7-8,11H2,1-3H3,(H,21,22). The van der Waals surface area contributed by atoms with Crippen molar-refractivity contribution < 1.29 is 14.1 Å². The highest BCUT2D eigenvalue weighted by atomic mass is 16.5. The van der Waals surface area contributed by atoms with E-state index in [2.05, 4.69) is 15.4 Å². The van der Waals surface area contributed by atoms with Gasteiger partial charge in [0, 0.05) is 35.9 Å². The molecule has 0 unspecified atom stereocenters. The number of benzene rings is 1. The maximum atomic E-state index is 12.9. The third-order valence-corrected chi connectivity index (χ3v) is 4.89. The lowest BCUT2D eigenvalue weighted by Crippen LogP contribution is -2.35. The van der Waals surface area contributed by atoms with E-state index in [9.17, 15) is 4.79 Å². The summed E-state index contributed by atoms with van der Waals surface area (Å²) in [6, 6.07) is 9.51. The summed E-state index contributed by atoms with van der Waals surface area (Å²) in [7, 11) is 1.64. The summed E-state index contributed by atoms with van der Waals surface area (Å²) in [5.74, 6) is 1.14. The van der Waals surface area contributed by atoms with E-state index in [0.717, 1.165) is 40.4 Å². The van der Waals surface area contributed by atoms with Crippen LogP contribution in [0.5, 0.6) is 5.75 Å². The van der Waals surface area contributed by atoms with Gasteiger partial charge in [-0.15, -0.1) is 0 Å². The summed E-state index contributed by atoms with van der Waals surface area (Å²) >= 11 is 0. The average molecular weight is 366 g/mol. The van der Waals surface area contributed by atoms with Crippen LogP contribution in [0.4, 0.5) is 0 Å². The molecule has 27 heavy (non-hydrogen) atoms. The van der Waals surface area contributed by atoms with Gasteiger partial charge in [0.25, 0.3) is 5.91 Å². The van der Waals surface area contributed by atoms with E-state index in [1.54, 1.807) is 18.1 Å². The molecule has 0 atom stereocenters. The van der Waals surface area contributed by atoms with E-state index in [-0.39, 0.29) is 17.6 Å². The Hall–Kier alpha value is -3.09. The van der Waals surface area contributed by atoms with Crippen LogP contribution in [-0.2, 0) is 13.0 Å². The van der Waals surface area contributed by atoms with Crippen molar-refractivity contribution in [2.75, 3.05) is 13.7 Å². The van der Waals surface area contributed by atoms with Gasteiger partial charge in [-0.05, 0) is 18.1 Å². The molecule has 1 N–H and O–H groups in total. The Balaban J connectivity index is 1.60. The largest absolute Gasteiger partial charge is 0.497 e. The molecule has 0 bridgehead atoms. The molecule has 140 valence electrons. The van der Waals surface area contributed by atoms with Crippen LogP contribution in [0.2, 0.25) is 0 Å². The molecule has 1 amide bonds. The van der Waals surface area contributed by atoms with E-state index in [1.165, 1.54) is 0 Å². The lowest BCUT2D eigenvalue weighted by atomic mass is 10.0. The number of hydrogen-bond acceptors (Lipinski definition) is 5. The van der Waals surface area contributed by atoms with E-state index in [0.29, 0.717) is 13.1 Å². The molecule has 0 spiro atoms. The quantitative estimate of drug-likeness (QED) is 0.765. The zero-order chi connectivity index (χ0) is 19.0. The molecule has 1 aliphatic heterocycles. The summed E-state index contributed by atoms with van der Waals surface area (Å²) in [4.78, 5) is 14.6. The molecular formula is C20H22N4O3. The van der Waals surface area contributed by atoms with Gasteiger partial charge in [0.2, 0.25) is 5.76 Å². The van der Waals surface area contributed by atoms with Gasteiger partial charge in [-0.3, -0.25) is 9.89 Å². The number of ether oxygens (including phenoxy) is 1. The molecular weight excluding hydrogens is 344 g/mol. The fourth-order valence-electron chi connectivity index (χ4n) is 3.30. The predicted octanol–water partition coefficient (Wildman–Crippen LogP) is 3.40. The van der Waals surface area contributed by atoms with Crippen LogP contribution in [0.15, 0.2) is 34.9 Å².